The molecule has 0 saturated carbocycles. The summed E-state index contributed by atoms with van der Waals surface area (Å²) in [6, 6.07) is 18.0. The molecular formula is C21H18ClN3O3S. The number of carbonyl (C=O) groups is 1. The number of rotatable bonds is 4. The second-order valence-electron chi connectivity index (χ2n) is 6.72. The van der Waals surface area contributed by atoms with Crippen molar-refractivity contribution in [2.24, 2.45) is 0 Å². The van der Waals surface area contributed by atoms with Crippen LogP contribution in [0.25, 0.3) is 10.4 Å². The van der Waals surface area contributed by atoms with Crippen LogP contribution < -0.4 is 4.90 Å². The fourth-order valence-electron chi connectivity index (χ4n) is 3.33. The molecule has 0 atom stereocenters. The second-order valence-corrected chi connectivity index (χ2v) is 8.24. The first-order valence-corrected chi connectivity index (χ1v) is 10.4. The Morgan fingerprint density at radius 1 is 0.931 bits per heavy atom. The number of anilines is 1. The topological polar surface area (TPSA) is 66.7 Å². The van der Waals surface area contributed by atoms with E-state index < -0.39 is 4.92 Å². The largest absolute Gasteiger partial charge is 0.368 e. The molecule has 1 fully saturated rings. The maximum Gasteiger partial charge on any atom is 0.269 e. The van der Waals surface area contributed by atoms with E-state index in [9.17, 15) is 14.9 Å². The number of hydrogen-bond acceptors (Lipinski definition) is 5. The molecule has 1 aliphatic heterocycles. The smallest absolute Gasteiger partial charge is 0.269 e. The molecule has 6 nitrogen and oxygen atoms in total. The summed E-state index contributed by atoms with van der Waals surface area (Å²) in [5.74, 6) is 0.0403. The van der Waals surface area contributed by atoms with Crippen LogP contribution in [0.15, 0.2) is 60.7 Å². The highest BCUT2D eigenvalue weighted by atomic mass is 35.5. The zero-order valence-corrected chi connectivity index (χ0v) is 17.0. The fourth-order valence-corrected chi connectivity index (χ4v) is 4.44. The van der Waals surface area contributed by atoms with Crippen molar-refractivity contribution in [2.45, 2.75) is 0 Å². The standard InChI is InChI=1S/C21H18ClN3O3S/c22-16-3-1-15(2-4-16)19-9-10-20(29-19)21(26)24-13-11-23(12-14-24)17-5-7-18(8-6-17)25(27)28/h1-10H,11-14H2. The number of halogens is 1. The predicted octanol–water partition coefficient (Wildman–Crippen LogP) is 4.94. The van der Waals surface area contributed by atoms with E-state index in [2.05, 4.69) is 4.90 Å². The van der Waals surface area contributed by atoms with E-state index in [0.29, 0.717) is 31.2 Å². The van der Waals surface area contributed by atoms with Gasteiger partial charge < -0.3 is 9.80 Å². The van der Waals surface area contributed by atoms with Crippen molar-refractivity contribution in [1.29, 1.82) is 0 Å². The summed E-state index contributed by atoms with van der Waals surface area (Å²) in [6.45, 7) is 2.62. The molecule has 0 unspecified atom stereocenters. The van der Waals surface area contributed by atoms with E-state index in [-0.39, 0.29) is 11.6 Å². The van der Waals surface area contributed by atoms with Crippen LogP contribution in [0.1, 0.15) is 9.67 Å². The summed E-state index contributed by atoms with van der Waals surface area (Å²) in [5.41, 5.74) is 2.06. The molecule has 1 aliphatic rings. The van der Waals surface area contributed by atoms with Gasteiger partial charge in [-0.15, -0.1) is 11.3 Å². The van der Waals surface area contributed by atoms with Crippen molar-refractivity contribution in [3.63, 3.8) is 0 Å². The Balaban J connectivity index is 1.39. The van der Waals surface area contributed by atoms with Crippen LogP contribution in [0.2, 0.25) is 5.02 Å². The molecule has 0 spiro atoms. The van der Waals surface area contributed by atoms with Crippen molar-refractivity contribution in [3.8, 4) is 10.4 Å². The van der Waals surface area contributed by atoms with Crippen LogP contribution in [0.3, 0.4) is 0 Å². The Morgan fingerprint density at radius 3 is 2.21 bits per heavy atom. The van der Waals surface area contributed by atoms with Gasteiger partial charge in [-0.1, -0.05) is 23.7 Å². The average Bonchev–Trinajstić information content (AvgIpc) is 3.24. The van der Waals surface area contributed by atoms with Crippen LogP contribution in [0.5, 0.6) is 0 Å². The van der Waals surface area contributed by atoms with Gasteiger partial charge in [-0.05, 0) is 42.0 Å². The third kappa shape index (κ3) is 4.26. The first-order chi connectivity index (χ1) is 14.0. The Hall–Kier alpha value is -2.90. The lowest BCUT2D eigenvalue weighted by atomic mass is 10.2. The number of thiophene rings is 1. The number of hydrogen-bond donors (Lipinski definition) is 0. The van der Waals surface area contributed by atoms with Gasteiger partial charge in [-0.25, -0.2) is 0 Å². The molecule has 4 rings (SSSR count). The maximum absolute atomic E-state index is 12.9. The Kier molecular flexibility index (Phi) is 5.51. The van der Waals surface area contributed by atoms with E-state index in [1.54, 1.807) is 12.1 Å². The van der Waals surface area contributed by atoms with Gasteiger partial charge >= 0.3 is 0 Å². The SMILES string of the molecule is O=C(c1ccc(-c2ccc(Cl)cc2)s1)N1CCN(c2ccc([N+](=O)[O-])cc2)CC1. The fraction of sp³-hybridized carbons (Fsp3) is 0.190. The maximum atomic E-state index is 12.9. The molecular weight excluding hydrogens is 410 g/mol. The summed E-state index contributed by atoms with van der Waals surface area (Å²) < 4.78 is 0. The lowest BCUT2D eigenvalue weighted by molar-refractivity contribution is -0.384. The monoisotopic (exact) mass is 427 g/mol. The van der Waals surface area contributed by atoms with Crippen molar-refractivity contribution < 1.29 is 9.72 Å². The summed E-state index contributed by atoms with van der Waals surface area (Å²) >= 11 is 7.43. The minimum atomic E-state index is -0.403. The number of carbonyl (C=O) groups excluding carboxylic acids is 1. The van der Waals surface area contributed by atoms with Crippen molar-refractivity contribution in [1.82, 2.24) is 4.90 Å². The van der Waals surface area contributed by atoms with Crippen molar-refractivity contribution >= 4 is 40.2 Å². The summed E-state index contributed by atoms with van der Waals surface area (Å²) in [7, 11) is 0. The van der Waals surface area contributed by atoms with Crippen LogP contribution in [-0.2, 0) is 0 Å². The number of amides is 1. The van der Waals surface area contributed by atoms with Gasteiger partial charge in [0.2, 0.25) is 0 Å². The molecule has 2 heterocycles. The summed E-state index contributed by atoms with van der Waals surface area (Å²) in [6.07, 6.45) is 0. The summed E-state index contributed by atoms with van der Waals surface area (Å²) in [5, 5.41) is 11.5. The van der Waals surface area contributed by atoms with Gasteiger partial charge in [0, 0.05) is 53.9 Å². The van der Waals surface area contributed by atoms with Crippen molar-refractivity contribution in [3.05, 3.63) is 80.7 Å². The molecule has 3 aromatic rings. The average molecular weight is 428 g/mol. The molecule has 1 amide bonds. The Labute approximate surface area is 177 Å². The van der Waals surface area contributed by atoms with Crippen LogP contribution >= 0.6 is 22.9 Å². The highest BCUT2D eigenvalue weighted by Gasteiger charge is 2.24. The minimum Gasteiger partial charge on any atom is -0.368 e. The van der Waals surface area contributed by atoms with Gasteiger partial charge in [0.05, 0.1) is 9.80 Å². The molecule has 1 saturated heterocycles. The lowest BCUT2D eigenvalue weighted by Crippen LogP contribution is -2.48. The van der Waals surface area contributed by atoms with Crippen LogP contribution in [0, 0.1) is 10.1 Å². The van der Waals surface area contributed by atoms with E-state index in [1.807, 2.05) is 41.3 Å². The van der Waals surface area contributed by atoms with Gasteiger partial charge in [0.1, 0.15) is 0 Å². The Morgan fingerprint density at radius 2 is 1.59 bits per heavy atom. The number of nitro groups is 1. The zero-order valence-electron chi connectivity index (χ0n) is 15.5. The van der Waals surface area contributed by atoms with Crippen LogP contribution in [0.4, 0.5) is 11.4 Å². The first kappa shape index (κ1) is 19.4. The zero-order chi connectivity index (χ0) is 20.4. The Bertz CT molecular complexity index is 1030. The third-order valence-corrected chi connectivity index (χ3v) is 6.31. The number of piperazine rings is 1. The summed E-state index contributed by atoms with van der Waals surface area (Å²) in [4.78, 5) is 29.0. The quantitative estimate of drug-likeness (QED) is 0.437. The minimum absolute atomic E-state index is 0.0403. The number of nitrogens with zero attached hydrogens (tertiary/aromatic N) is 3. The molecule has 0 aliphatic carbocycles. The van der Waals surface area contributed by atoms with E-state index in [0.717, 1.165) is 21.0 Å². The van der Waals surface area contributed by atoms with Gasteiger partial charge in [0.25, 0.3) is 11.6 Å². The number of non-ortho nitro benzene ring substituents is 1. The molecule has 2 aromatic carbocycles. The van der Waals surface area contributed by atoms with E-state index in [1.165, 1.54) is 23.5 Å². The van der Waals surface area contributed by atoms with Crippen molar-refractivity contribution in [2.75, 3.05) is 31.1 Å². The first-order valence-electron chi connectivity index (χ1n) is 9.16. The van der Waals surface area contributed by atoms with Gasteiger partial charge in [-0.2, -0.15) is 0 Å². The highest BCUT2D eigenvalue weighted by molar-refractivity contribution is 7.17. The van der Waals surface area contributed by atoms with E-state index >= 15 is 0 Å². The lowest BCUT2D eigenvalue weighted by Gasteiger charge is -2.35. The van der Waals surface area contributed by atoms with E-state index in [4.69, 9.17) is 11.6 Å². The van der Waals surface area contributed by atoms with Gasteiger partial charge in [-0.3, -0.25) is 14.9 Å². The highest BCUT2D eigenvalue weighted by Crippen LogP contribution is 2.30. The molecule has 148 valence electrons. The molecule has 1 aromatic heterocycles. The molecule has 0 N–H and O–H groups in total. The predicted molar refractivity (Wildman–Crippen MR) is 116 cm³/mol. The second kappa shape index (κ2) is 8.23. The van der Waals surface area contributed by atoms with Gasteiger partial charge in [0.15, 0.2) is 0 Å². The number of benzene rings is 2. The molecule has 0 radical (unpaired) electrons. The molecule has 0 bridgehead atoms. The molecule has 8 heteroatoms. The molecule has 29 heavy (non-hydrogen) atoms. The van der Waals surface area contributed by atoms with Crippen LogP contribution in [-0.4, -0.2) is 41.9 Å². The number of nitro benzene ring substituents is 1. The third-order valence-electron chi connectivity index (χ3n) is 4.94. The normalized spacial score (nSPS) is 14.1.